The van der Waals surface area contributed by atoms with Crippen molar-refractivity contribution in [1.29, 1.82) is 0 Å². The predicted octanol–water partition coefficient (Wildman–Crippen LogP) is 4.82. The monoisotopic (exact) mass is 327 g/mol. The molecule has 0 aromatic heterocycles. The van der Waals surface area contributed by atoms with Gasteiger partial charge in [0.25, 0.3) is 0 Å². The molecule has 0 bridgehead atoms. The van der Waals surface area contributed by atoms with Crippen molar-refractivity contribution in [1.82, 2.24) is 0 Å². The van der Waals surface area contributed by atoms with Crippen LogP contribution in [0.3, 0.4) is 0 Å². The van der Waals surface area contributed by atoms with Crippen LogP contribution in [0.2, 0.25) is 0 Å². The van der Waals surface area contributed by atoms with Crippen molar-refractivity contribution < 1.29 is 4.39 Å². The summed E-state index contributed by atoms with van der Waals surface area (Å²) in [4.78, 5) is 0. The summed E-state index contributed by atoms with van der Waals surface area (Å²) in [6.45, 7) is 0. The maximum Gasteiger partial charge on any atom is 0.124 e. The van der Waals surface area contributed by atoms with E-state index in [-0.39, 0.29) is 11.9 Å². The number of halogens is 2. The molecule has 1 unspecified atom stereocenters. The first-order valence-corrected chi connectivity index (χ1v) is 8.13. The van der Waals surface area contributed by atoms with Crippen LogP contribution in [0.5, 0.6) is 0 Å². The van der Waals surface area contributed by atoms with Crippen LogP contribution >= 0.6 is 15.9 Å². The summed E-state index contributed by atoms with van der Waals surface area (Å²) in [6, 6.07) is 5.20. The van der Waals surface area contributed by atoms with Crippen LogP contribution in [-0.4, -0.2) is 6.04 Å². The molecule has 1 aliphatic carbocycles. The van der Waals surface area contributed by atoms with Crippen LogP contribution in [-0.2, 0) is 6.42 Å². The van der Waals surface area contributed by atoms with E-state index >= 15 is 0 Å². The summed E-state index contributed by atoms with van der Waals surface area (Å²) in [5, 5.41) is 0. The molecule has 1 fully saturated rings. The molecular weight excluding hydrogens is 305 g/mol. The normalized spacial score (nSPS) is 19.1. The van der Waals surface area contributed by atoms with Crippen LogP contribution < -0.4 is 5.73 Å². The number of hydrogen-bond donors (Lipinski definition) is 1. The Bertz CT molecular complexity index is 379. The van der Waals surface area contributed by atoms with Crippen molar-refractivity contribution in [2.24, 2.45) is 11.7 Å². The largest absolute Gasteiger partial charge is 0.327 e. The van der Waals surface area contributed by atoms with Gasteiger partial charge in [-0.3, -0.25) is 0 Å². The minimum absolute atomic E-state index is 0.150. The molecule has 1 aliphatic rings. The second-order valence-corrected chi connectivity index (χ2v) is 6.75. The van der Waals surface area contributed by atoms with E-state index in [2.05, 4.69) is 15.9 Å². The number of nitrogens with two attached hydrogens (primary N) is 1. The van der Waals surface area contributed by atoms with Gasteiger partial charge >= 0.3 is 0 Å². The molecule has 19 heavy (non-hydrogen) atoms. The van der Waals surface area contributed by atoms with Crippen molar-refractivity contribution in [3.8, 4) is 0 Å². The van der Waals surface area contributed by atoms with Crippen LogP contribution in [0.15, 0.2) is 22.7 Å². The Hall–Kier alpha value is -0.410. The Morgan fingerprint density at radius 1 is 1.16 bits per heavy atom. The van der Waals surface area contributed by atoms with Crippen molar-refractivity contribution in [3.63, 3.8) is 0 Å². The van der Waals surface area contributed by atoms with E-state index in [4.69, 9.17) is 5.73 Å². The standard InChI is InChI=1S/C16H23BrFN/c17-14-7-13(8-15(18)11-14)10-16(19)9-12-5-3-1-2-4-6-12/h7-8,11-12,16H,1-6,9-10,19H2. The average molecular weight is 328 g/mol. The molecule has 1 saturated carbocycles. The van der Waals surface area contributed by atoms with Crippen molar-refractivity contribution in [2.45, 2.75) is 57.4 Å². The Labute approximate surface area is 123 Å². The molecule has 1 aromatic rings. The molecule has 0 heterocycles. The zero-order chi connectivity index (χ0) is 13.7. The van der Waals surface area contributed by atoms with E-state index in [0.717, 1.165) is 28.8 Å². The lowest BCUT2D eigenvalue weighted by Gasteiger charge is -2.19. The molecule has 0 aliphatic heterocycles. The zero-order valence-electron chi connectivity index (χ0n) is 11.4. The summed E-state index contributed by atoms with van der Waals surface area (Å²) in [7, 11) is 0. The molecule has 0 amide bonds. The molecule has 2 rings (SSSR count). The lowest BCUT2D eigenvalue weighted by molar-refractivity contribution is 0.387. The first kappa shape index (κ1) is 15.0. The number of benzene rings is 1. The van der Waals surface area contributed by atoms with Gasteiger partial charge in [-0.1, -0.05) is 54.5 Å². The molecule has 0 saturated heterocycles. The van der Waals surface area contributed by atoms with E-state index in [1.807, 2.05) is 6.07 Å². The molecular formula is C16H23BrFN. The highest BCUT2D eigenvalue weighted by Gasteiger charge is 2.16. The molecule has 1 nitrogen and oxygen atoms in total. The Balaban J connectivity index is 1.87. The molecule has 106 valence electrons. The highest BCUT2D eigenvalue weighted by atomic mass is 79.9. The third-order valence-electron chi connectivity index (χ3n) is 4.03. The Kier molecular flexibility index (Phi) is 5.83. The third-order valence-corrected chi connectivity index (χ3v) is 4.49. The van der Waals surface area contributed by atoms with E-state index < -0.39 is 0 Å². The van der Waals surface area contributed by atoms with Crippen molar-refractivity contribution in [3.05, 3.63) is 34.1 Å². The first-order chi connectivity index (χ1) is 9.13. The highest BCUT2D eigenvalue weighted by Crippen LogP contribution is 2.27. The first-order valence-electron chi connectivity index (χ1n) is 7.34. The summed E-state index contributed by atoms with van der Waals surface area (Å²) < 4.78 is 14.1. The van der Waals surface area contributed by atoms with Crippen molar-refractivity contribution >= 4 is 15.9 Å². The van der Waals surface area contributed by atoms with Crippen LogP contribution in [0.25, 0.3) is 0 Å². The van der Waals surface area contributed by atoms with Gasteiger partial charge in [0.05, 0.1) is 0 Å². The predicted molar refractivity (Wildman–Crippen MR) is 81.6 cm³/mol. The topological polar surface area (TPSA) is 26.0 Å². The average Bonchev–Trinajstić information content (AvgIpc) is 2.55. The molecule has 1 aromatic carbocycles. The molecule has 2 N–H and O–H groups in total. The summed E-state index contributed by atoms with van der Waals surface area (Å²) in [5.74, 6) is 0.584. The molecule has 3 heteroatoms. The fraction of sp³-hybridized carbons (Fsp3) is 0.625. The Morgan fingerprint density at radius 3 is 2.47 bits per heavy atom. The fourth-order valence-electron chi connectivity index (χ4n) is 3.14. The number of rotatable bonds is 4. The van der Waals surface area contributed by atoms with Gasteiger partial charge in [0.15, 0.2) is 0 Å². The lowest BCUT2D eigenvalue weighted by atomic mass is 9.90. The zero-order valence-corrected chi connectivity index (χ0v) is 13.0. The lowest BCUT2D eigenvalue weighted by Crippen LogP contribution is -2.26. The van der Waals surface area contributed by atoms with Crippen LogP contribution in [0.1, 0.15) is 50.5 Å². The summed E-state index contributed by atoms with van der Waals surface area (Å²) in [6.07, 6.45) is 9.94. The van der Waals surface area contributed by atoms with Gasteiger partial charge in [-0.25, -0.2) is 4.39 Å². The molecule has 0 spiro atoms. The van der Waals surface area contributed by atoms with Gasteiger partial charge < -0.3 is 5.73 Å². The second-order valence-electron chi connectivity index (χ2n) is 5.84. The summed E-state index contributed by atoms with van der Waals surface area (Å²) >= 11 is 3.33. The number of hydrogen-bond acceptors (Lipinski definition) is 1. The van der Waals surface area contributed by atoms with Gasteiger partial charge in [0.2, 0.25) is 0 Å². The second kappa shape index (κ2) is 7.39. The minimum Gasteiger partial charge on any atom is -0.327 e. The Morgan fingerprint density at radius 2 is 1.84 bits per heavy atom. The SMILES string of the molecule is NC(Cc1cc(F)cc(Br)c1)CC1CCCCCC1. The molecule has 0 radical (unpaired) electrons. The molecule has 1 atom stereocenters. The fourth-order valence-corrected chi connectivity index (χ4v) is 3.66. The maximum atomic E-state index is 13.3. The third kappa shape index (κ3) is 5.23. The van der Waals surface area contributed by atoms with Crippen molar-refractivity contribution in [2.75, 3.05) is 0 Å². The van der Waals surface area contributed by atoms with E-state index in [1.54, 1.807) is 6.07 Å². The van der Waals surface area contributed by atoms with Gasteiger partial charge in [-0.05, 0) is 42.5 Å². The highest BCUT2D eigenvalue weighted by molar-refractivity contribution is 9.10. The summed E-state index contributed by atoms with van der Waals surface area (Å²) in [5.41, 5.74) is 7.24. The van der Waals surface area contributed by atoms with E-state index in [0.29, 0.717) is 0 Å². The minimum atomic E-state index is -0.189. The van der Waals surface area contributed by atoms with Gasteiger partial charge in [-0.2, -0.15) is 0 Å². The van der Waals surface area contributed by atoms with E-state index in [9.17, 15) is 4.39 Å². The van der Waals surface area contributed by atoms with Gasteiger partial charge in [-0.15, -0.1) is 0 Å². The van der Waals surface area contributed by atoms with Gasteiger partial charge in [0, 0.05) is 10.5 Å². The van der Waals surface area contributed by atoms with Crippen LogP contribution in [0, 0.1) is 11.7 Å². The van der Waals surface area contributed by atoms with E-state index in [1.165, 1.54) is 44.6 Å². The maximum absolute atomic E-state index is 13.3. The smallest absolute Gasteiger partial charge is 0.124 e. The van der Waals surface area contributed by atoms with Gasteiger partial charge in [0.1, 0.15) is 5.82 Å². The van der Waals surface area contributed by atoms with Crippen LogP contribution in [0.4, 0.5) is 4.39 Å². The quantitative estimate of drug-likeness (QED) is 0.788.